The molecule has 1 aromatic rings. The average Bonchev–Trinajstić information content (AvgIpc) is 2.62. The van der Waals surface area contributed by atoms with Crippen LogP contribution < -0.4 is 10.2 Å². The molecule has 0 aromatic heterocycles. The van der Waals surface area contributed by atoms with E-state index in [1.807, 2.05) is 0 Å². The van der Waals surface area contributed by atoms with Gasteiger partial charge in [0.05, 0.1) is 4.92 Å². The Labute approximate surface area is 162 Å². The molecule has 9 nitrogen and oxygen atoms in total. The lowest BCUT2D eigenvalue weighted by Gasteiger charge is -2.45. The number of nitro groups is 1. The number of fused-ring (bicyclic) bond motifs is 1. The number of nitrogens with one attached hydrogen (secondary N) is 1. The SMILES string of the molecule is CC(C)CCCN1C(=O)NC(=O)[C@]2(Cc3cc([N+](=O)[O-])ccc3N(C)C2)C1=O. The van der Waals surface area contributed by atoms with Crippen molar-refractivity contribution in [2.24, 2.45) is 11.3 Å². The van der Waals surface area contributed by atoms with Crippen molar-refractivity contribution in [1.29, 1.82) is 0 Å². The predicted molar refractivity (Wildman–Crippen MR) is 102 cm³/mol. The summed E-state index contributed by atoms with van der Waals surface area (Å²) in [7, 11) is 1.73. The van der Waals surface area contributed by atoms with Gasteiger partial charge in [0.2, 0.25) is 11.8 Å². The zero-order valence-electron chi connectivity index (χ0n) is 16.2. The van der Waals surface area contributed by atoms with E-state index in [-0.39, 0.29) is 25.2 Å². The number of hydrogen-bond acceptors (Lipinski definition) is 6. The molecule has 1 atom stereocenters. The first kappa shape index (κ1) is 19.8. The molecule has 0 bridgehead atoms. The Morgan fingerprint density at radius 3 is 2.64 bits per heavy atom. The summed E-state index contributed by atoms with van der Waals surface area (Å²) in [5.74, 6) is -0.743. The van der Waals surface area contributed by atoms with Gasteiger partial charge in [-0.3, -0.25) is 29.9 Å². The van der Waals surface area contributed by atoms with Gasteiger partial charge < -0.3 is 4.90 Å². The van der Waals surface area contributed by atoms with Crippen LogP contribution in [0.3, 0.4) is 0 Å². The number of barbiturate groups is 1. The molecule has 0 aliphatic carbocycles. The van der Waals surface area contributed by atoms with Gasteiger partial charge in [-0.2, -0.15) is 0 Å². The van der Waals surface area contributed by atoms with Crippen LogP contribution in [0.1, 0.15) is 32.3 Å². The van der Waals surface area contributed by atoms with E-state index in [1.165, 1.54) is 12.1 Å². The Kier molecular flexibility index (Phi) is 5.10. The van der Waals surface area contributed by atoms with Crippen molar-refractivity contribution >= 4 is 29.2 Å². The number of nitro benzene ring substituents is 1. The first-order valence-corrected chi connectivity index (χ1v) is 9.31. The Bertz CT molecular complexity index is 853. The monoisotopic (exact) mass is 388 g/mol. The normalized spacial score (nSPS) is 21.9. The number of carbonyl (C=O) groups is 3. The van der Waals surface area contributed by atoms with Crippen molar-refractivity contribution < 1.29 is 19.3 Å². The summed E-state index contributed by atoms with van der Waals surface area (Å²) in [5.41, 5.74) is -0.288. The molecule has 1 aromatic carbocycles. The predicted octanol–water partition coefficient (Wildman–Crippen LogP) is 2.09. The molecule has 1 fully saturated rings. The summed E-state index contributed by atoms with van der Waals surface area (Å²) < 4.78 is 0. The van der Waals surface area contributed by atoms with Crippen LogP contribution >= 0.6 is 0 Å². The highest BCUT2D eigenvalue weighted by Gasteiger charge is 2.56. The molecule has 2 aliphatic rings. The van der Waals surface area contributed by atoms with E-state index < -0.39 is 28.2 Å². The first-order chi connectivity index (χ1) is 13.2. The van der Waals surface area contributed by atoms with Gasteiger partial charge in [0.25, 0.3) is 5.69 Å². The highest BCUT2D eigenvalue weighted by atomic mass is 16.6. The second-order valence-corrected chi connectivity index (χ2v) is 7.94. The van der Waals surface area contributed by atoms with E-state index in [1.54, 1.807) is 18.0 Å². The summed E-state index contributed by atoms with van der Waals surface area (Å²) in [6.45, 7) is 4.46. The van der Waals surface area contributed by atoms with Crippen LogP contribution in [0.4, 0.5) is 16.2 Å². The van der Waals surface area contributed by atoms with Gasteiger partial charge in [-0.15, -0.1) is 0 Å². The summed E-state index contributed by atoms with van der Waals surface area (Å²) in [6.07, 6.45) is 1.53. The molecule has 0 saturated carbocycles. The van der Waals surface area contributed by atoms with Crippen molar-refractivity contribution in [2.75, 3.05) is 25.0 Å². The molecule has 0 radical (unpaired) electrons. The molecule has 3 rings (SSSR count). The molecule has 1 N–H and O–H groups in total. The topological polar surface area (TPSA) is 113 Å². The molecular formula is C19H24N4O5. The number of imide groups is 2. The van der Waals surface area contributed by atoms with Crippen LogP contribution in [-0.2, 0) is 16.0 Å². The zero-order valence-corrected chi connectivity index (χ0v) is 16.2. The van der Waals surface area contributed by atoms with Crippen molar-refractivity contribution in [3.05, 3.63) is 33.9 Å². The Hall–Kier alpha value is -2.97. The quantitative estimate of drug-likeness (QED) is 0.469. The third-order valence-corrected chi connectivity index (χ3v) is 5.40. The number of benzene rings is 1. The lowest BCUT2D eigenvalue weighted by atomic mass is 9.74. The molecule has 0 unspecified atom stereocenters. The summed E-state index contributed by atoms with van der Waals surface area (Å²) in [6, 6.07) is 3.72. The number of anilines is 1. The minimum atomic E-state index is -1.47. The number of urea groups is 1. The fraction of sp³-hybridized carbons (Fsp3) is 0.526. The largest absolute Gasteiger partial charge is 0.373 e. The van der Waals surface area contributed by atoms with Crippen molar-refractivity contribution in [2.45, 2.75) is 33.1 Å². The van der Waals surface area contributed by atoms with Gasteiger partial charge in [-0.05, 0) is 36.8 Å². The number of hydrogen-bond donors (Lipinski definition) is 1. The minimum Gasteiger partial charge on any atom is -0.373 e. The van der Waals surface area contributed by atoms with E-state index in [4.69, 9.17) is 0 Å². The zero-order chi connectivity index (χ0) is 20.6. The van der Waals surface area contributed by atoms with Crippen molar-refractivity contribution in [3.8, 4) is 0 Å². The smallest absolute Gasteiger partial charge is 0.330 e. The molecule has 1 spiro atoms. The maximum Gasteiger partial charge on any atom is 0.330 e. The summed E-state index contributed by atoms with van der Waals surface area (Å²) in [5, 5.41) is 13.4. The standard InChI is InChI=1S/C19H24N4O5/c1-12(2)5-4-8-22-17(25)19(16(24)20-18(22)26)10-13-9-14(23(27)28)6-7-15(13)21(3)11-19/h6-7,9,12H,4-5,8,10-11H2,1-3H3,(H,20,24,26)/t19-/m1/s1. The van der Waals surface area contributed by atoms with E-state index >= 15 is 0 Å². The molecule has 9 heteroatoms. The lowest BCUT2D eigenvalue weighted by Crippen LogP contribution is -2.68. The molecule has 28 heavy (non-hydrogen) atoms. The number of rotatable bonds is 5. The minimum absolute atomic E-state index is 0.0208. The Morgan fingerprint density at radius 1 is 1.29 bits per heavy atom. The molecule has 1 saturated heterocycles. The van der Waals surface area contributed by atoms with E-state index in [2.05, 4.69) is 19.2 Å². The van der Waals surface area contributed by atoms with Crippen LogP contribution in [0.15, 0.2) is 18.2 Å². The van der Waals surface area contributed by atoms with Gasteiger partial charge in [0, 0.05) is 38.0 Å². The van der Waals surface area contributed by atoms with Gasteiger partial charge >= 0.3 is 6.03 Å². The summed E-state index contributed by atoms with van der Waals surface area (Å²) >= 11 is 0. The maximum atomic E-state index is 13.3. The fourth-order valence-electron chi connectivity index (χ4n) is 3.96. The van der Waals surface area contributed by atoms with Crippen LogP contribution in [0.25, 0.3) is 0 Å². The Morgan fingerprint density at radius 2 is 2.00 bits per heavy atom. The molecule has 2 heterocycles. The van der Waals surface area contributed by atoms with Gasteiger partial charge in [-0.1, -0.05) is 13.8 Å². The number of carbonyl (C=O) groups excluding carboxylic acids is 3. The number of nitrogens with zero attached hydrogens (tertiary/aromatic N) is 3. The number of non-ortho nitro benzene ring substituents is 1. The second kappa shape index (κ2) is 7.21. The molecular weight excluding hydrogens is 364 g/mol. The number of amides is 4. The van der Waals surface area contributed by atoms with Gasteiger partial charge in [0.1, 0.15) is 5.41 Å². The van der Waals surface area contributed by atoms with Crippen LogP contribution in [0.5, 0.6) is 0 Å². The first-order valence-electron chi connectivity index (χ1n) is 9.31. The van der Waals surface area contributed by atoms with E-state index in [0.29, 0.717) is 17.9 Å². The van der Waals surface area contributed by atoms with Crippen LogP contribution in [-0.4, -0.2) is 47.8 Å². The lowest BCUT2D eigenvalue weighted by molar-refractivity contribution is -0.384. The van der Waals surface area contributed by atoms with Gasteiger partial charge in [0.15, 0.2) is 0 Å². The van der Waals surface area contributed by atoms with Crippen LogP contribution in [0.2, 0.25) is 0 Å². The summed E-state index contributed by atoms with van der Waals surface area (Å²) in [4.78, 5) is 51.7. The highest BCUT2D eigenvalue weighted by Crippen LogP contribution is 2.40. The van der Waals surface area contributed by atoms with E-state index in [0.717, 1.165) is 17.0 Å². The molecule has 4 amide bonds. The highest BCUT2D eigenvalue weighted by molar-refractivity contribution is 6.20. The van der Waals surface area contributed by atoms with Crippen molar-refractivity contribution in [3.63, 3.8) is 0 Å². The Balaban J connectivity index is 1.94. The van der Waals surface area contributed by atoms with Crippen LogP contribution in [0, 0.1) is 21.4 Å². The second-order valence-electron chi connectivity index (χ2n) is 7.94. The molecule has 2 aliphatic heterocycles. The third-order valence-electron chi connectivity index (χ3n) is 5.40. The van der Waals surface area contributed by atoms with Crippen molar-refractivity contribution in [1.82, 2.24) is 10.2 Å². The molecule has 150 valence electrons. The van der Waals surface area contributed by atoms with Gasteiger partial charge in [-0.25, -0.2) is 4.79 Å². The third kappa shape index (κ3) is 3.32. The van der Waals surface area contributed by atoms with E-state index in [9.17, 15) is 24.5 Å². The maximum absolute atomic E-state index is 13.3. The average molecular weight is 388 g/mol. The fourth-order valence-corrected chi connectivity index (χ4v) is 3.96.